The number of hydrogen-bond acceptors (Lipinski definition) is 3. The van der Waals surface area contributed by atoms with Gasteiger partial charge in [-0.2, -0.15) is 26.3 Å². The van der Waals surface area contributed by atoms with Crippen LogP contribution in [-0.4, -0.2) is 30.4 Å². The Kier molecular flexibility index (Phi) is 9.45. The third-order valence-electron chi connectivity index (χ3n) is 5.89. The van der Waals surface area contributed by atoms with E-state index in [9.17, 15) is 36.2 Å². The summed E-state index contributed by atoms with van der Waals surface area (Å²) in [7, 11) is 0. The summed E-state index contributed by atoms with van der Waals surface area (Å²) in [4.78, 5) is 11.2. The zero-order valence-corrected chi connectivity index (χ0v) is 21.1. The molecule has 0 saturated carbocycles. The molecule has 208 valence electrons. The van der Waals surface area contributed by atoms with Gasteiger partial charge in [-0.1, -0.05) is 36.4 Å². The summed E-state index contributed by atoms with van der Waals surface area (Å²) in [5.41, 5.74) is -0.419. The second-order valence-corrected chi connectivity index (χ2v) is 8.70. The molecule has 1 atom stereocenters. The van der Waals surface area contributed by atoms with Crippen molar-refractivity contribution in [2.75, 3.05) is 13.2 Å². The number of allylic oxidation sites excluding steroid dienone is 1. The van der Waals surface area contributed by atoms with Crippen LogP contribution in [0.25, 0.3) is 16.7 Å². The van der Waals surface area contributed by atoms with Gasteiger partial charge in [-0.05, 0) is 78.1 Å². The van der Waals surface area contributed by atoms with E-state index in [1.54, 1.807) is 56.3 Å². The molecule has 0 heterocycles. The monoisotopic (exact) mass is 552 g/mol. The maximum atomic E-state index is 13.2. The van der Waals surface area contributed by atoms with E-state index < -0.39 is 35.6 Å². The second kappa shape index (κ2) is 12.4. The van der Waals surface area contributed by atoms with Gasteiger partial charge in [0.2, 0.25) is 0 Å². The van der Waals surface area contributed by atoms with Crippen molar-refractivity contribution in [1.82, 2.24) is 0 Å². The first-order valence-corrected chi connectivity index (χ1v) is 11.9. The van der Waals surface area contributed by atoms with Crippen LogP contribution in [0.3, 0.4) is 0 Å². The van der Waals surface area contributed by atoms with E-state index in [4.69, 9.17) is 9.47 Å². The number of rotatable bonds is 10. The number of carboxylic acid groups (broad SMARTS) is 1. The molecule has 0 aliphatic rings. The maximum Gasteiger partial charge on any atom is 0.416 e. The lowest BCUT2D eigenvalue weighted by molar-refractivity contribution is -0.150. The summed E-state index contributed by atoms with van der Waals surface area (Å²) in [5.74, 6) is -0.474. The van der Waals surface area contributed by atoms with Gasteiger partial charge in [0.05, 0.1) is 11.1 Å². The number of alkyl halides is 6. The number of aliphatic carboxylic acids is 1. The summed E-state index contributed by atoms with van der Waals surface area (Å²) >= 11 is 0. The average molecular weight is 553 g/mol. The van der Waals surface area contributed by atoms with Crippen LogP contribution < -0.4 is 4.74 Å². The summed E-state index contributed by atoms with van der Waals surface area (Å²) in [6, 6.07) is 14.6. The van der Waals surface area contributed by atoms with Crippen molar-refractivity contribution in [3.63, 3.8) is 0 Å². The molecule has 0 aliphatic heterocycles. The third-order valence-corrected chi connectivity index (χ3v) is 5.89. The van der Waals surface area contributed by atoms with E-state index in [-0.39, 0.29) is 36.8 Å². The highest BCUT2D eigenvalue weighted by atomic mass is 19.4. The largest absolute Gasteiger partial charge is 0.490 e. The Balaban J connectivity index is 1.67. The van der Waals surface area contributed by atoms with Gasteiger partial charge in [-0.15, -0.1) is 0 Å². The van der Waals surface area contributed by atoms with Crippen LogP contribution in [0.2, 0.25) is 0 Å². The molecule has 0 spiro atoms. The fourth-order valence-corrected chi connectivity index (χ4v) is 3.78. The van der Waals surface area contributed by atoms with Gasteiger partial charge in [0.1, 0.15) is 12.4 Å². The van der Waals surface area contributed by atoms with Gasteiger partial charge in [0.25, 0.3) is 0 Å². The summed E-state index contributed by atoms with van der Waals surface area (Å²) in [6.45, 7) is 4.01. The molecule has 3 aromatic rings. The van der Waals surface area contributed by atoms with E-state index in [1.165, 1.54) is 12.1 Å². The molecule has 10 heteroatoms. The number of hydrogen-bond donors (Lipinski definition) is 1. The quantitative estimate of drug-likeness (QED) is 0.260. The molecule has 0 saturated heterocycles. The van der Waals surface area contributed by atoms with Crippen LogP contribution in [-0.2, 0) is 28.3 Å². The number of carbonyl (C=O) groups is 1. The van der Waals surface area contributed by atoms with Gasteiger partial charge in [0, 0.05) is 13.0 Å². The summed E-state index contributed by atoms with van der Waals surface area (Å²) in [5, 5.41) is 9.20. The lowest BCUT2D eigenvalue weighted by Crippen LogP contribution is -2.26. The highest BCUT2D eigenvalue weighted by Gasteiger charge is 2.37. The Morgan fingerprint density at radius 3 is 1.92 bits per heavy atom. The molecule has 39 heavy (non-hydrogen) atoms. The molecular formula is C29H26F6O4. The molecular weight excluding hydrogens is 526 g/mol. The van der Waals surface area contributed by atoms with Crippen molar-refractivity contribution in [3.8, 4) is 16.9 Å². The van der Waals surface area contributed by atoms with Crippen LogP contribution in [0.5, 0.6) is 5.75 Å². The second-order valence-electron chi connectivity index (χ2n) is 8.70. The molecule has 1 N–H and O–H groups in total. The van der Waals surface area contributed by atoms with Gasteiger partial charge in [-0.3, -0.25) is 0 Å². The van der Waals surface area contributed by atoms with E-state index in [0.717, 1.165) is 16.7 Å². The van der Waals surface area contributed by atoms with Crippen molar-refractivity contribution in [3.05, 3.63) is 95.1 Å². The van der Waals surface area contributed by atoms with Crippen molar-refractivity contribution >= 4 is 11.5 Å². The molecule has 4 nitrogen and oxygen atoms in total. The fourth-order valence-electron chi connectivity index (χ4n) is 3.78. The molecule has 0 aliphatic carbocycles. The summed E-state index contributed by atoms with van der Waals surface area (Å²) < 4.78 is 90.0. The van der Waals surface area contributed by atoms with Crippen LogP contribution in [0.4, 0.5) is 26.3 Å². The lowest BCUT2D eigenvalue weighted by Gasteiger charge is -2.14. The Bertz CT molecular complexity index is 1260. The van der Waals surface area contributed by atoms with Crippen LogP contribution in [0.1, 0.15) is 36.1 Å². The minimum Gasteiger partial charge on any atom is -0.490 e. The van der Waals surface area contributed by atoms with Crippen molar-refractivity contribution < 1.29 is 45.7 Å². The number of benzene rings is 3. The molecule has 0 aromatic heterocycles. The van der Waals surface area contributed by atoms with Crippen LogP contribution in [0, 0.1) is 0 Å². The Labute approximate surface area is 221 Å². The topological polar surface area (TPSA) is 55.8 Å². The maximum absolute atomic E-state index is 13.2. The predicted molar refractivity (Wildman–Crippen MR) is 134 cm³/mol. The standard InChI is InChI=1S/C29H26F6O4/c1-3-38-26(27(36)37)14-19-4-10-25(11-5-19)39-13-12-18(2)20-6-8-21(9-7-20)22-15-23(28(30,31)32)17-24(16-22)29(33,34)35/h4-12,15-17,26H,3,13-14H2,1-2H3,(H,36,37)/b18-12+. The number of ether oxygens (including phenoxy) is 2. The predicted octanol–water partition coefficient (Wildman–Crippen LogP) is 7.91. The smallest absolute Gasteiger partial charge is 0.416 e. The Morgan fingerprint density at radius 2 is 1.44 bits per heavy atom. The van der Waals surface area contributed by atoms with Crippen molar-refractivity contribution in [1.29, 1.82) is 0 Å². The van der Waals surface area contributed by atoms with Gasteiger partial charge in [0.15, 0.2) is 6.10 Å². The SMILES string of the molecule is CCOC(Cc1ccc(OC/C=C(\C)c2ccc(-c3cc(C(F)(F)F)cc(C(F)(F)F)c3)cc2)cc1)C(=O)O. The molecule has 0 fully saturated rings. The number of carboxylic acids is 1. The first kappa shape index (κ1) is 29.8. The zero-order chi connectivity index (χ0) is 28.8. The van der Waals surface area contributed by atoms with E-state index in [0.29, 0.717) is 17.9 Å². The molecule has 1 unspecified atom stereocenters. The Morgan fingerprint density at radius 1 is 0.872 bits per heavy atom. The Hall–Kier alpha value is -3.79. The highest BCUT2D eigenvalue weighted by Crippen LogP contribution is 2.38. The lowest BCUT2D eigenvalue weighted by atomic mass is 9.97. The highest BCUT2D eigenvalue weighted by molar-refractivity contribution is 5.73. The van der Waals surface area contributed by atoms with Gasteiger partial charge >= 0.3 is 18.3 Å². The van der Waals surface area contributed by atoms with Crippen molar-refractivity contribution in [2.45, 2.75) is 38.7 Å². The molecule has 3 rings (SSSR count). The van der Waals surface area contributed by atoms with Crippen molar-refractivity contribution in [2.24, 2.45) is 0 Å². The average Bonchev–Trinajstić information content (AvgIpc) is 2.88. The molecule has 3 aromatic carbocycles. The fraction of sp³-hybridized carbons (Fsp3) is 0.276. The molecule has 0 radical (unpaired) electrons. The normalized spacial score (nSPS) is 13.3. The minimum absolute atomic E-state index is 0.103. The third kappa shape index (κ3) is 8.35. The zero-order valence-electron chi connectivity index (χ0n) is 21.1. The molecule has 0 amide bonds. The number of halogens is 6. The first-order chi connectivity index (χ1) is 18.3. The van der Waals surface area contributed by atoms with Crippen LogP contribution >= 0.6 is 0 Å². The minimum atomic E-state index is -4.92. The molecule has 0 bridgehead atoms. The van der Waals surface area contributed by atoms with Gasteiger partial charge < -0.3 is 14.6 Å². The first-order valence-electron chi connectivity index (χ1n) is 11.9. The van der Waals surface area contributed by atoms with E-state index >= 15 is 0 Å². The van der Waals surface area contributed by atoms with E-state index in [1.807, 2.05) is 0 Å². The van der Waals surface area contributed by atoms with E-state index in [2.05, 4.69) is 0 Å². The van der Waals surface area contributed by atoms with Gasteiger partial charge in [-0.25, -0.2) is 4.79 Å². The summed E-state index contributed by atoms with van der Waals surface area (Å²) in [6.07, 6.45) is -8.76. The van der Waals surface area contributed by atoms with Crippen LogP contribution in [0.15, 0.2) is 72.8 Å².